The maximum atomic E-state index is 13.5. The maximum absolute atomic E-state index is 13.5. The number of nitrogens with one attached hydrogen (secondary N) is 4. The minimum absolute atomic E-state index is 0.0398. The van der Waals surface area contributed by atoms with Crippen LogP contribution in [-0.2, 0) is 87.5 Å². The van der Waals surface area contributed by atoms with Crippen LogP contribution in [-0.4, -0.2) is 235 Å². The fourth-order valence-electron chi connectivity index (χ4n) is 7.37. The van der Waals surface area contributed by atoms with Crippen molar-refractivity contribution in [3.8, 4) is 5.75 Å². The lowest BCUT2D eigenvalue weighted by molar-refractivity contribution is -0.271. The molecule has 1 aromatic rings. The van der Waals surface area contributed by atoms with E-state index in [1.807, 2.05) is 0 Å². The molecule has 29 heteroatoms. The number of rotatable bonds is 46. The number of anilines is 1. The Morgan fingerprint density at radius 1 is 0.637 bits per heavy atom. The Kier molecular flexibility index (Phi) is 35.1. The number of unbranched alkanes of at least 4 members (excludes halogenated alkanes) is 3. The zero-order valence-corrected chi connectivity index (χ0v) is 45.2. The molecule has 2 aliphatic rings. The van der Waals surface area contributed by atoms with E-state index in [9.17, 15) is 58.8 Å². The van der Waals surface area contributed by atoms with Gasteiger partial charge >= 0.3 is 12.1 Å². The Bertz CT molecular complexity index is 2050. The number of amides is 7. The number of carboxylic acids is 1. The number of methoxy groups -OCH3 is 1. The number of nitrogens with two attached hydrogens (primary N) is 1. The molecule has 0 saturated carbocycles. The molecule has 0 unspecified atom stereocenters. The number of carboxylic acid groups (broad SMARTS) is 1. The fraction of sp³-hybridized carbons (Fsp3) is 0.686. The third-order valence-corrected chi connectivity index (χ3v) is 11.6. The smallest absolute Gasteiger partial charge is 0.404 e. The molecule has 452 valence electrons. The van der Waals surface area contributed by atoms with Gasteiger partial charge in [0, 0.05) is 58.2 Å². The van der Waals surface area contributed by atoms with Gasteiger partial charge in [0.2, 0.25) is 29.9 Å². The first-order chi connectivity index (χ1) is 38.6. The van der Waals surface area contributed by atoms with E-state index in [1.165, 1.54) is 30.4 Å². The van der Waals surface area contributed by atoms with Crippen molar-refractivity contribution in [1.29, 1.82) is 0 Å². The molecule has 0 radical (unpaired) electrons. The molecule has 0 aliphatic carbocycles. The summed E-state index contributed by atoms with van der Waals surface area (Å²) in [6.07, 6.45) is -6.23. The summed E-state index contributed by atoms with van der Waals surface area (Å²) in [6, 6.07) is 2.93. The number of hydrogen-bond donors (Lipinski definition) is 9. The average Bonchev–Trinajstić information content (AvgIpc) is 3.81. The van der Waals surface area contributed by atoms with E-state index >= 15 is 0 Å². The van der Waals surface area contributed by atoms with E-state index in [-0.39, 0.29) is 82.5 Å². The van der Waals surface area contributed by atoms with Gasteiger partial charge in [-0.05, 0) is 49.8 Å². The Hall–Kier alpha value is -5.96. The molecular formula is C51H80N6O23. The van der Waals surface area contributed by atoms with Crippen LogP contribution in [0.1, 0.15) is 63.4 Å². The van der Waals surface area contributed by atoms with Crippen molar-refractivity contribution < 1.29 is 111 Å². The molecule has 10 N–H and O–H groups in total. The van der Waals surface area contributed by atoms with Crippen LogP contribution in [0.5, 0.6) is 5.75 Å². The van der Waals surface area contributed by atoms with Crippen LogP contribution in [0.15, 0.2) is 30.4 Å². The van der Waals surface area contributed by atoms with Crippen molar-refractivity contribution in [1.82, 2.24) is 20.9 Å². The van der Waals surface area contributed by atoms with Crippen LogP contribution in [0.25, 0.3) is 0 Å². The molecule has 0 aromatic heterocycles. The average molecular weight is 1150 g/mol. The fourth-order valence-corrected chi connectivity index (χ4v) is 7.37. The molecule has 3 rings (SSSR count). The number of carbonyl (C=O) groups excluding carboxylic acids is 7. The summed E-state index contributed by atoms with van der Waals surface area (Å²) < 4.78 is 58.7. The topological polar surface area (TPSA) is 396 Å². The largest absolute Gasteiger partial charge is 0.479 e. The zero-order chi connectivity index (χ0) is 58.3. The van der Waals surface area contributed by atoms with Gasteiger partial charge in [-0.25, -0.2) is 9.59 Å². The van der Waals surface area contributed by atoms with E-state index in [0.717, 1.165) is 4.90 Å². The molecule has 0 spiro atoms. The Morgan fingerprint density at radius 2 is 1.21 bits per heavy atom. The molecule has 1 saturated heterocycles. The second-order valence-electron chi connectivity index (χ2n) is 17.8. The quantitative estimate of drug-likeness (QED) is 0.0262. The molecule has 0 bridgehead atoms. The van der Waals surface area contributed by atoms with E-state index in [2.05, 4.69) is 21.3 Å². The molecule has 2 aliphatic heterocycles. The van der Waals surface area contributed by atoms with Crippen molar-refractivity contribution in [2.45, 2.75) is 101 Å². The number of benzene rings is 1. The lowest BCUT2D eigenvalue weighted by Crippen LogP contribution is -2.61. The molecule has 7 amide bonds. The molecule has 6 atom stereocenters. The Morgan fingerprint density at radius 3 is 1.77 bits per heavy atom. The van der Waals surface area contributed by atoms with Crippen molar-refractivity contribution in [3.63, 3.8) is 0 Å². The highest BCUT2D eigenvalue weighted by Crippen LogP contribution is 2.31. The molecule has 29 nitrogen and oxygen atoms in total. The first-order valence-corrected chi connectivity index (χ1v) is 26.5. The third-order valence-electron chi connectivity index (χ3n) is 11.6. The van der Waals surface area contributed by atoms with Gasteiger partial charge < -0.3 is 99.5 Å². The molecule has 2 heterocycles. The first kappa shape index (κ1) is 68.3. The van der Waals surface area contributed by atoms with Crippen LogP contribution in [0, 0.1) is 0 Å². The third kappa shape index (κ3) is 29.0. The monoisotopic (exact) mass is 1140 g/mol. The van der Waals surface area contributed by atoms with Gasteiger partial charge in [-0.3, -0.25) is 33.7 Å². The van der Waals surface area contributed by atoms with Gasteiger partial charge in [-0.2, -0.15) is 0 Å². The van der Waals surface area contributed by atoms with Crippen molar-refractivity contribution >= 4 is 53.2 Å². The standard InChI is InChI=1S/C51H80N6O23/c1-70-19-20-72-23-24-74-27-28-76-31-32-77-30-29-75-26-25-73-22-21-71-18-14-39(58)53-15-5-4-7-36(55-40(59)8-3-2-6-17-57-42(61)11-12-43(57)62)48(66)54-16-13-41(60)56-37-33-35(34-78-51(52)69)9-10-38(37)79-50-46(65)44(63)45(64)47(80-50)49(67)68/h9-12,33,36,44-47,50,63-65H,2-8,13-32,34H2,1H3,(H2,52,69)(H,53,58)(H,54,66)(H,55,59)(H,56,60)(H,67,68)/t36-,44-,45-,46+,47-,50+/m0/s1. The van der Waals surface area contributed by atoms with Crippen LogP contribution in [0.3, 0.4) is 0 Å². The number of aliphatic carboxylic acids is 1. The SMILES string of the molecule is COCCOCCOCCOCCOCCOCCOCCOCCC(=O)NCCCC[C@H](NC(=O)CCCCCN1C(=O)C=CC1=O)C(=O)NCCC(=O)Nc1cc(COC(N)=O)ccc1O[C@@H]1O[C@H](C(=O)O)[C@@H](O)[C@H](O)[C@H]1O. The Labute approximate surface area is 463 Å². The van der Waals surface area contributed by atoms with Crippen LogP contribution < -0.4 is 31.7 Å². The lowest BCUT2D eigenvalue weighted by atomic mass is 9.99. The number of hydrogen-bond acceptors (Lipinski definition) is 22. The molecular weight excluding hydrogens is 1060 g/mol. The van der Waals surface area contributed by atoms with E-state index in [0.29, 0.717) is 124 Å². The number of imide groups is 1. The van der Waals surface area contributed by atoms with E-state index in [4.69, 9.17) is 57.8 Å². The summed E-state index contributed by atoms with van der Waals surface area (Å²) in [7, 11) is 1.62. The lowest BCUT2D eigenvalue weighted by Gasteiger charge is -2.38. The summed E-state index contributed by atoms with van der Waals surface area (Å²) in [5, 5.41) is 51.0. The summed E-state index contributed by atoms with van der Waals surface area (Å²) in [6.45, 7) is 6.13. The van der Waals surface area contributed by atoms with Crippen molar-refractivity contribution in [2.24, 2.45) is 5.73 Å². The number of primary amides is 1. The molecule has 80 heavy (non-hydrogen) atoms. The van der Waals surface area contributed by atoms with Gasteiger partial charge in [0.15, 0.2) is 6.10 Å². The normalized spacial score (nSPS) is 18.2. The predicted octanol–water partition coefficient (Wildman–Crippen LogP) is -1.59. The highest BCUT2D eigenvalue weighted by atomic mass is 16.7. The molecule has 1 fully saturated rings. The van der Waals surface area contributed by atoms with Gasteiger partial charge in [-0.1, -0.05) is 12.5 Å². The zero-order valence-electron chi connectivity index (χ0n) is 45.2. The van der Waals surface area contributed by atoms with E-state index in [1.54, 1.807) is 7.11 Å². The van der Waals surface area contributed by atoms with Crippen molar-refractivity contribution in [3.05, 3.63) is 35.9 Å². The summed E-state index contributed by atoms with van der Waals surface area (Å²) in [5.74, 6) is -4.63. The number of aliphatic hydroxyl groups excluding tert-OH is 3. The summed E-state index contributed by atoms with van der Waals surface area (Å²) in [4.78, 5) is 100.0. The number of carbonyl (C=O) groups is 8. The van der Waals surface area contributed by atoms with Gasteiger partial charge in [-0.15, -0.1) is 0 Å². The minimum Gasteiger partial charge on any atom is -0.479 e. The van der Waals surface area contributed by atoms with Crippen molar-refractivity contribution in [2.75, 3.05) is 131 Å². The van der Waals surface area contributed by atoms with Crippen LogP contribution in [0.2, 0.25) is 0 Å². The van der Waals surface area contributed by atoms with Crippen LogP contribution >= 0.6 is 0 Å². The Balaban J connectivity index is 1.37. The minimum atomic E-state index is -1.99. The molecule has 1 aromatic carbocycles. The second kappa shape index (κ2) is 41.1. The highest BCUT2D eigenvalue weighted by molar-refractivity contribution is 6.12. The van der Waals surface area contributed by atoms with Crippen LogP contribution in [0.4, 0.5) is 10.5 Å². The number of nitrogens with zero attached hydrogens (tertiary/aromatic N) is 1. The highest BCUT2D eigenvalue weighted by Gasteiger charge is 2.48. The predicted molar refractivity (Wildman–Crippen MR) is 277 cm³/mol. The number of aliphatic hydroxyl groups is 3. The van der Waals surface area contributed by atoms with Gasteiger partial charge in [0.05, 0.1) is 105 Å². The summed E-state index contributed by atoms with van der Waals surface area (Å²) in [5.41, 5.74) is 5.29. The first-order valence-electron chi connectivity index (χ1n) is 26.5. The van der Waals surface area contributed by atoms with Gasteiger partial charge in [0.1, 0.15) is 36.7 Å². The maximum Gasteiger partial charge on any atom is 0.404 e. The second-order valence-corrected chi connectivity index (χ2v) is 17.8. The summed E-state index contributed by atoms with van der Waals surface area (Å²) >= 11 is 0. The number of ether oxygens (including phenoxy) is 11. The van der Waals surface area contributed by atoms with E-state index < -0.39 is 78.3 Å². The van der Waals surface area contributed by atoms with Gasteiger partial charge in [0.25, 0.3) is 11.8 Å².